The van der Waals surface area contributed by atoms with Crippen LogP contribution in [-0.2, 0) is 4.79 Å². The van der Waals surface area contributed by atoms with Gasteiger partial charge in [0.25, 0.3) is 5.91 Å². The minimum Gasteiger partial charge on any atom is -0.497 e. The van der Waals surface area contributed by atoms with Gasteiger partial charge in [-0.1, -0.05) is 18.2 Å². The summed E-state index contributed by atoms with van der Waals surface area (Å²) in [6.45, 7) is 0. The minimum atomic E-state index is -1.39. The van der Waals surface area contributed by atoms with Crippen molar-refractivity contribution in [3.63, 3.8) is 0 Å². The Morgan fingerprint density at radius 1 is 1.09 bits per heavy atom. The van der Waals surface area contributed by atoms with Crippen LogP contribution in [0.1, 0.15) is 16.8 Å². The molecule has 2 aromatic rings. The Kier molecular flexibility index (Phi) is 5.27. The van der Waals surface area contributed by atoms with Crippen molar-refractivity contribution in [1.29, 1.82) is 0 Å². The van der Waals surface area contributed by atoms with Crippen molar-refractivity contribution >= 4 is 17.4 Å². The molecule has 0 bridgehead atoms. The summed E-state index contributed by atoms with van der Waals surface area (Å²) >= 11 is 0. The lowest BCUT2D eigenvalue weighted by molar-refractivity contribution is -0.123. The number of hydrogen-bond donors (Lipinski definition) is 2. The highest BCUT2D eigenvalue weighted by Gasteiger charge is 2.20. The highest BCUT2D eigenvalue weighted by Crippen LogP contribution is 2.14. The normalized spacial score (nSPS) is 11.5. The number of hydrogen-bond acceptors (Lipinski definition) is 4. The van der Waals surface area contributed by atoms with Crippen molar-refractivity contribution in [1.82, 2.24) is 0 Å². The topological polar surface area (TPSA) is 75.6 Å². The van der Waals surface area contributed by atoms with E-state index in [-0.39, 0.29) is 12.2 Å². The number of ketones is 1. The molecule has 5 heteroatoms. The lowest BCUT2D eigenvalue weighted by Gasteiger charge is -2.11. The Labute approximate surface area is 128 Å². The van der Waals surface area contributed by atoms with Gasteiger partial charge in [-0.3, -0.25) is 9.59 Å². The van der Waals surface area contributed by atoms with E-state index in [9.17, 15) is 14.7 Å². The van der Waals surface area contributed by atoms with E-state index in [1.807, 2.05) is 6.07 Å². The Bertz CT molecular complexity index is 637. The van der Waals surface area contributed by atoms with Crippen molar-refractivity contribution in [3.05, 3.63) is 60.2 Å². The highest BCUT2D eigenvalue weighted by molar-refractivity contribution is 6.02. The lowest BCUT2D eigenvalue weighted by atomic mass is 10.0. The van der Waals surface area contributed by atoms with Gasteiger partial charge in [0, 0.05) is 17.7 Å². The molecule has 1 unspecified atom stereocenters. The van der Waals surface area contributed by atoms with Gasteiger partial charge in [0.2, 0.25) is 0 Å². The molecule has 0 aliphatic rings. The number of aliphatic hydroxyl groups excluding tert-OH is 1. The van der Waals surface area contributed by atoms with Crippen LogP contribution in [0.25, 0.3) is 0 Å². The third-order valence-corrected chi connectivity index (χ3v) is 3.13. The van der Waals surface area contributed by atoms with E-state index >= 15 is 0 Å². The predicted octanol–water partition coefficient (Wildman–Crippen LogP) is 2.27. The molecule has 0 fully saturated rings. The second-order valence-electron chi connectivity index (χ2n) is 4.73. The van der Waals surface area contributed by atoms with Gasteiger partial charge in [0.15, 0.2) is 5.78 Å². The molecule has 22 heavy (non-hydrogen) atoms. The first-order valence-electron chi connectivity index (χ1n) is 6.81. The van der Waals surface area contributed by atoms with Crippen LogP contribution in [0.5, 0.6) is 5.75 Å². The monoisotopic (exact) mass is 299 g/mol. The molecule has 2 rings (SSSR count). The second-order valence-corrected chi connectivity index (χ2v) is 4.73. The van der Waals surface area contributed by atoms with Gasteiger partial charge >= 0.3 is 0 Å². The van der Waals surface area contributed by atoms with Crippen LogP contribution in [0.15, 0.2) is 54.6 Å². The molecule has 0 saturated carbocycles. The molecule has 1 atom stereocenters. The van der Waals surface area contributed by atoms with Crippen molar-refractivity contribution in [2.75, 3.05) is 12.4 Å². The average molecular weight is 299 g/mol. The summed E-state index contributed by atoms with van der Waals surface area (Å²) in [6, 6.07) is 15.3. The Balaban J connectivity index is 1.93. The molecule has 2 aromatic carbocycles. The van der Waals surface area contributed by atoms with E-state index < -0.39 is 12.0 Å². The molecule has 0 radical (unpaired) electrons. The van der Waals surface area contributed by atoms with E-state index in [1.165, 1.54) is 7.11 Å². The number of carbonyl (C=O) groups is 2. The summed E-state index contributed by atoms with van der Waals surface area (Å²) in [5, 5.41) is 12.4. The van der Waals surface area contributed by atoms with Gasteiger partial charge in [-0.25, -0.2) is 0 Å². The number of rotatable bonds is 6. The van der Waals surface area contributed by atoms with Crippen LogP contribution in [0, 0.1) is 0 Å². The summed E-state index contributed by atoms with van der Waals surface area (Å²) in [7, 11) is 1.54. The van der Waals surface area contributed by atoms with Gasteiger partial charge in [-0.2, -0.15) is 0 Å². The van der Waals surface area contributed by atoms with Crippen LogP contribution in [-0.4, -0.2) is 30.0 Å². The predicted molar refractivity (Wildman–Crippen MR) is 83.0 cm³/mol. The zero-order valence-corrected chi connectivity index (χ0v) is 12.2. The zero-order chi connectivity index (χ0) is 15.9. The van der Waals surface area contributed by atoms with Gasteiger partial charge in [-0.15, -0.1) is 0 Å². The van der Waals surface area contributed by atoms with Crippen molar-refractivity contribution in [2.24, 2.45) is 0 Å². The van der Waals surface area contributed by atoms with Gasteiger partial charge in [0.1, 0.15) is 11.9 Å². The number of nitrogens with one attached hydrogen (secondary N) is 1. The lowest BCUT2D eigenvalue weighted by Crippen LogP contribution is -2.29. The molecule has 5 nitrogen and oxygen atoms in total. The molecule has 1 amide bonds. The number of amides is 1. The number of methoxy groups -OCH3 is 1. The zero-order valence-electron chi connectivity index (χ0n) is 12.2. The molecule has 0 saturated heterocycles. The number of aliphatic hydroxyl groups is 1. The molecule has 0 aliphatic carbocycles. The van der Waals surface area contributed by atoms with E-state index in [1.54, 1.807) is 48.5 Å². The highest BCUT2D eigenvalue weighted by atomic mass is 16.5. The average Bonchev–Trinajstić information content (AvgIpc) is 2.55. The number of benzene rings is 2. The van der Waals surface area contributed by atoms with Crippen LogP contribution >= 0.6 is 0 Å². The van der Waals surface area contributed by atoms with Crippen molar-refractivity contribution < 1.29 is 19.4 Å². The van der Waals surface area contributed by atoms with E-state index in [2.05, 4.69) is 5.32 Å². The molecule has 2 N–H and O–H groups in total. The first-order valence-corrected chi connectivity index (χ1v) is 6.81. The molecule has 114 valence electrons. The number of Topliss-reactive ketones (excluding diaryl/α,β-unsaturated/α-hetero) is 1. The molecular weight excluding hydrogens is 282 g/mol. The largest absolute Gasteiger partial charge is 0.497 e. The maximum atomic E-state index is 12.0. The Hall–Kier alpha value is -2.66. The molecule has 0 aromatic heterocycles. The Morgan fingerprint density at radius 2 is 1.73 bits per heavy atom. The standard InChI is InChI=1S/C17H17NO4/c1-22-14-9-7-12(8-10-14)15(19)11-16(20)17(21)18-13-5-3-2-4-6-13/h2-10,16,20H,11H2,1H3,(H,18,21). The third-order valence-electron chi connectivity index (χ3n) is 3.13. The molecule has 0 heterocycles. The van der Waals surface area contributed by atoms with Crippen molar-refractivity contribution in [3.8, 4) is 5.75 Å². The van der Waals surface area contributed by atoms with Crippen molar-refractivity contribution in [2.45, 2.75) is 12.5 Å². The van der Waals surface area contributed by atoms with Crippen LogP contribution in [0.2, 0.25) is 0 Å². The fourth-order valence-electron chi connectivity index (χ4n) is 1.91. The quantitative estimate of drug-likeness (QED) is 0.802. The van der Waals surface area contributed by atoms with Gasteiger partial charge in [0.05, 0.1) is 7.11 Å². The number of para-hydroxylation sites is 1. The molecular formula is C17H17NO4. The minimum absolute atomic E-state index is 0.273. The Morgan fingerprint density at radius 3 is 2.32 bits per heavy atom. The van der Waals surface area contributed by atoms with E-state index in [4.69, 9.17) is 4.74 Å². The smallest absolute Gasteiger partial charge is 0.253 e. The fraction of sp³-hybridized carbons (Fsp3) is 0.176. The second kappa shape index (κ2) is 7.38. The van der Waals surface area contributed by atoms with Crippen LogP contribution in [0.3, 0.4) is 0 Å². The first-order chi connectivity index (χ1) is 10.6. The molecule has 0 spiro atoms. The SMILES string of the molecule is COc1ccc(C(=O)CC(O)C(=O)Nc2ccccc2)cc1. The summed E-state index contributed by atoms with van der Waals surface area (Å²) < 4.78 is 5.01. The summed E-state index contributed by atoms with van der Waals surface area (Å²) in [4.78, 5) is 23.9. The van der Waals surface area contributed by atoms with Gasteiger partial charge in [-0.05, 0) is 36.4 Å². The summed E-state index contributed by atoms with van der Waals surface area (Å²) in [5.41, 5.74) is 0.996. The maximum absolute atomic E-state index is 12.0. The van der Waals surface area contributed by atoms with E-state index in [0.717, 1.165) is 0 Å². The maximum Gasteiger partial charge on any atom is 0.253 e. The first kappa shape index (κ1) is 15.7. The number of carbonyl (C=O) groups excluding carboxylic acids is 2. The molecule has 0 aliphatic heterocycles. The van der Waals surface area contributed by atoms with Gasteiger partial charge < -0.3 is 15.2 Å². The summed E-state index contributed by atoms with van der Waals surface area (Å²) in [6.07, 6.45) is -1.67. The fourth-order valence-corrected chi connectivity index (χ4v) is 1.91. The summed E-state index contributed by atoms with van der Waals surface area (Å²) in [5.74, 6) is -0.273. The van der Waals surface area contributed by atoms with Crippen LogP contribution < -0.4 is 10.1 Å². The third kappa shape index (κ3) is 4.17. The number of ether oxygens (including phenoxy) is 1. The van der Waals surface area contributed by atoms with E-state index in [0.29, 0.717) is 17.0 Å². The van der Waals surface area contributed by atoms with Crippen LogP contribution in [0.4, 0.5) is 5.69 Å². The number of anilines is 1.